The molecule has 8 heteroatoms. The molecule has 3 N–H and O–H groups in total. The van der Waals surface area contributed by atoms with Gasteiger partial charge in [-0.25, -0.2) is 9.03 Å². The molecule has 1 aliphatic rings. The average molecular weight is 407 g/mol. The first-order valence-electron chi connectivity index (χ1n) is 8.83. The van der Waals surface area contributed by atoms with E-state index in [4.69, 9.17) is 5.26 Å². The molecule has 0 atom stereocenters. The van der Waals surface area contributed by atoms with Crippen molar-refractivity contribution in [1.82, 2.24) is 4.72 Å². The maximum Gasteiger partial charge on any atom is 0.330 e. The van der Waals surface area contributed by atoms with Crippen molar-refractivity contribution in [3.05, 3.63) is 72.2 Å². The number of aliphatic hydroxyl groups excluding tert-OH is 1. The lowest BCUT2D eigenvalue weighted by Crippen LogP contribution is -2.29. The molecule has 0 fully saturated rings. The number of aliphatic hydroxyl groups is 1. The second-order valence-electron chi connectivity index (χ2n) is 6.68. The summed E-state index contributed by atoms with van der Waals surface area (Å²) < 4.78 is 27.0. The number of aromatic hydroxyl groups is 1. The van der Waals surface area contributed by atoms with Crippen molar-refractivity contribution in [3.8, 4) is 22.9 Å². The second kappa shape index (κ2) is 7.04. The first-order valence-corrected chi connectivity index (χ1v) is 10.3. The molecule has 0 aromatic heterocycles. The normalized spacial score (nSPS) is 15.0. The summed E-state index contributed by atoms with van der Waals surface area (Å²) in [5.74, 6) is -0.743. The number of hydrogen-bond acceptors (Lipinski definition) is 5. The van der Waals surface area contributed by atoms with E-state index in [9.17, 15) is 18.6 Å². The Morgan fingerprint density at radius 3 is 2.52 bits per heavy atom. The third-order valence-electron chi connectivity index (χ3n) is 4.69. The lowest BCUT2D eigenvalue weighted by molar-refractivity contribution is 0.392. The fourth-order valence-corrected chi connectivity index (χ4v) is 4.38. The van der Waals surface area contributed by atoms with Gasteiger partial charge in [0.05, 0.1) is 12.3 Å². The smallest absolute Gasteiger partial charge is 0.330 e. The summed E-state index contributed by atoms with van der Waals surface area (Å²) in [7, 11) is -4.00. The predicted molar refractivity (Wildman–Crippen MR) is 110 cm³/mol. The Morgan fingerprint density at radius 2 is 1.79 bits per heavy atom. The zero-order valence-corrected chi connectivity index (χ0v) is 16.0. The molecule has 29 heavy (non-hydrogen) atoms. The minimum atomic E-state index is -4.00. The van der Waals surface area contributed by atoms with Crippen LogP contribution in [0.1, 0.15) is 12.0 Å². The summed E-state index contributed by atoms with van der Waals surface area (Å²) in [5, 5.41) is 30.1. The number of phenolic OH excluding ortho intramolecular Hbond substituents is 1. The number of phenols is 1. The van der Waals surface area contributed by atoms with Crippen LogP contribution in [0.25, 0.3) is 21.9 Å². The van der Waals surface area contributed by atoms with Gasteiger partial charge >= 0.3 is 10.2 Å². The largest absolute Gasteiger partial charge is 0.506 e. The number of hydrogen-bond donors (Lipinski definition) is 3. The summed E-state index contributed by atoms with van der Waals surface area (Å²) >= 11 is 0. The van der Waals surface area contributed by atoms with Gasteiger partial charge in [0.1, 0.15) is 11.4 Å². The molecule has 1 aliphatic heterocycles. The van der Waals surface area contributed by atoms with Crippen LogP contribution in [0, 0.1) is 11.3 Å². The van der Waals surface area contributed by atoms with Crippen molar-refractivity contribution >= 4 is 26.7 Å². The highest BCUT2D eigenvalue weighted by molar-refractivity contribution is 7.91. The van der Waals surface area contributed by atoms with Crippen LogP contribution >= 0.6 is 0 Å². The lowest BCUT2D eigenvalue weighted by atomic mass is 9.98. The molecule has 0 unspecified atom stereocenters. The Hall–Kier alpha value is -3.70. The van der Waals surface area contributed by atoms with Gasteiger partial charge in [0.2, 0.25) is 5.88 Å². The van der Waals surface area contributed by atoms with Gasteiger partial charge in [-0.2, -0.15) is 13.7 Å². The number of anilines is 1. The number of benzene rings is 3. The van der Waals surface area contributed by atoms with Crippen molar-refractivity contribution in [2.75, 3.05) is 4.31 Å². The van der Waals surface area contributed by atoms with Gasteiger partial charge in [-0.15, -0.1) is 0 Å². The van der Waals surface area contributed by atoms with Crippen LogP contribution in [-0.4, -0.2) is 18.6 Å². The Balaban J connectivity index is 1.79. The lowest BCUT2D eigenvalue weighted by Gasteiger charge is -2.16. The van der Waals surface area contributed by atoms with Crippen LogP contribution in [0.4, 0.5) is 5.69 Å². The standard InChI is InChI=1S/C21H17N3O4S/c22-8-2-4-14-3-1-5-15(9-14)16-6-7-17-12-20(25)19(11-18(17)10-16)24-13-21(26)23-29(24,27)28/h1,3,5-7,9-13,23,25-26H,2,4H2. The van der Waals surface area contributed by atoms with Crippen LogP contribution in [-0.2, 0) is 16.6 Å². The first-order chi connectivity index (χ1) is 13.9. The average Bonchev–Trinajstić information content (AvgIpc) is 2.97. The highest BCUT2D eigenvalue weighted by Gasteiger charge is 2.30. The van der Waals surface area contributed by atoms with Crippen molar-refractivity contribution in [2.45, 2.75) is 12.8 Å². The molecule has 0 aliphatic carbocycles. The maximum atomic E-state index is 12.1. The van der Waals surface area contributed by atoms with E-state index in [-0.39, 0.29) is 11.4 Å². The predicted octanol–water partition coefficient (Wildman–Crippen LogP) is 3.68. The molecule has 0 saturated carbocycles. The Kier molecular flexibility index (Phi) is 4.53. The quantitative estimate of drug-likeness (QED) is 0.610. The topological polar surface area (TPSA) is 114 Å². The van der Waals surface area contributed by atoms with Crippen molar-refractivity contribution in [1.29, 1.82) is 5.26 Å². The highest BCUT2D eigenvalue weighted by atomic mass is 32.2. The Labute approximate surface area is 167 Å². The molecule has 0 spiro atoms. The molecule has 0 amide bonds. The third-order valence-corrected chi connectivity index (χ3v) is 5.98. The van der Waals surface area contributed by atoms with E-state index in [1.807, 2.05) is 47.2 Å². The number of nitrogens with one attached hydrogen (secondary N) is 1. The molecular formula is C21H17N3O4S. The van der Waals surface area contributed by atoms with E-state index in [1.54, 1.807) is 6.07 Å². The minimum Gasteiger partial charge on any atom is -0.506 e. The number of fused-ring (bicyclic) bond motifs is 1. The summed E-state index contributed by atoms with van der Waals surface area (Å²) in [6, 6.07) is 18.8. The van der Waals surface area contributed by atoms with Crippen molar-refractivity contribution in [3.63, 3.8) is 0 Å². The maximum absolute atomic E-state index is 12.1. The Morgan fingerprint density at radius 1 is 1.00 bits per heavy atom. The molecule has 4 rings (SSSR count). The van der Waals surface area contributed by atoms with Gasteiger partial charge in [0, 0.05) is 6.42 Å². The SMILES string of the molecule is N#CCCc1cccc(-c2ccc3cc(O)c(N4C=C(O)NS4(=O)=O)cc3c2)c1. The van der Waals surface area contributed by atoms with Crippen molar-refractivity contribution in [2.24, 2.45) is 0 Å². The molecule has 3 aromatic rings. The van der Waals surface area contributed by atoms with Gasteiger partial charge in [0.15, 0.2) is 0 Å². The van der Waals surface area contributed by atoms with Crippen molar-refractivity contribution < 1.29 is 18.6 Å². The fourth-order valence-electron chi connectivity index (χ4n) is 3.32. The van der Waals surface area contributed by atoms with E-state index in [2.05, 4.69) is 6.07 Å². The highest BCUT2D eigenvalue weighted by Crippen LogP contribution is 2.37. The third kappa shape index (κ3) is 3.56. The number of nitriles is 1. The second-order valence-corrected chi connectivity index (χ2v) is 8.23. The number of nitrogens with zero attached hydrogens (tertiary/aromatic N) is 2. The molecule has 3 aromatic carbocycles. The van der Waals surface area contributed by atoms with E-state index in [1.165, 1.54) is 6.07 Å². The van der Waals surface area contributed by atoms with Gasteiger partial charge < -0.3 is 10.2 Å². The van der Waals surface area contributed by atoms with Crippen LogP contribution in [0.15, 0.2) is 66.7 Å². The number of rotatable bonds is 4. The van der Waals surface area contributed by atoms with Gasteiger partial charge in [0.25, 0.3) is 0 Å². The molecule has 7 nitrogen and oxygen atoms in total. The first kappa shape index (κ1) is 18.7. The monoisotopic (exact) mass is 407 g/mol. The molecule has 146 valence electrons. The minimum absolute atomic E-state index is 0.0361. The Bertz CT molecular complexity index is 1290. The van der Waals surface area contributed by atoms with Crippen LogP contribution in [0.3, 0.4) is 0 Å². The van der Waals surface area contributed by atoms with Gasteiger partial charge in [-0.3, -0.25) is 0 Å². The fraction of sp³-hybridized carbons (Fsp3) is 0.0952. The summed E-state index contributed by atoms with van der Waals surface area (Å²) in [5.41, 5.74) is 3.00. The summed E-state index contributed by atoms with van der Waals surface area (Å²) in [4.78, 5) is 0. The summed E-state index contributed by atoms with van der Waals surface area (Å²) in [6.07, 6.45) is 2.12. The molecule has 0 radical (unpaired) electrons. The van der Waals surface area contributed by atoms with E-state index in [0.29, 0.717) is 12.8 Å². The van der Waals surface area contributed by atoms with Gasteiger partial charge in [-0.1, -0.05) is 36.4 Å². The molecule has 1 heterocycles. The molecule has 0 saturated heterocycles. The summed E-state index contributed by atoms with van der Waals surface area (Å²) in [6.45, 7) is 0. The van der Waals surface area contributed by atoms with E-state index >= 15 is 0 Å². The zero-order chi connectivity index (χ0) is 20.6. The molecule has 0 bridgehead atoms. The van der Waals surface area contributed by atoms with Crippen LogP contribution in [0.2, 0.25) is 0 Å². The van der Waals surface area contributed by atoms with Crippen LogP contribution in [0.5, 0.6) is 5.75 Å². The molecular weight excluding hydrogens is 390 g/mol. The van der Waals surface area contributed by atoms with E-state index < -0.39 is 16.1 Å². The van der Waals surface area contributed by atoms with E-state index in [0.717, 1.165) is 38.0 Å². The zero-order valence-electron chi connectivity index (χ0n) is 15.2. The van der Waals surface area contributed by atoms with Crippen LogP contribution < -0.4 is 9.03 Å². The number of aryl methyl sites for hydroxylation is 1. The van der Waals surface area contributed by atoms with Gasteiger partial charge in [-0.05, 0) is 52.1 Å².